The van der Waals surface area contributed by atoms with Gasteiger partial charge in [0.1, 0.15) is 5.82 Å². The highest BCUT2D eigenvalue weighted by molar-refractivity contribution is 6.30. The molecule has 0 saturated carbocycles. The second kappa shape index (κ2) is 7.11. The SMILES string of the molecule is Cl.Clc1nc(Cc2ccccc2)[nH]c1C1CCNCC1. The Labute approximate surface area is 130 Å². The van der Waals surface area contributed by atoms with Crippen LogP contribution in [0, 0.1) is 0 Å². The topological polar surface area (TPSA) is 40.7 Å². The maximum absolute atomic E-state index is 6.28. The molecule has 0 bridgehead atoms. The van der Waals surface area contributed by atoms with Gasteiger partial charge in [0.05, 0.1) is 5.69 Å². The van der Waals surface area contributed by atoms with E-state index in [1.54, 1.807) is 0 Å². The summed E-state index contributed by atoms with van der Waals surface area (Å²) < 4.78 is 0. The van der Waals surface area contributed by atoms with Gasteiger partial charge in [0.2, 0.25) is 0 Å². The van der Waals surface area contributed by atoms with Gasteiger partial charge in [0.25, 0.3) is 0 Å². The normalized spacial score (nSPS) is 15.8. The third kappa shape index (κ3) is 3.54. The number of aromatic nitrogens is 2. The van der Waals surface area contributed by atoms with Gasteiger partial charge in [0.15, 0.2) is 5.15 Å². The Balaban J connectivity index is 0.00000147. The zero-order chi connectivity index (χ0) is 13.1. The van der Waals surface area contributed by atoms with E-state index in [1.165, 1.54) is 5.56 Å². The first-order valence-corrected chi connectivity index (χ1v) is 7.19. The van der Waals surface area contributed by atoms with Crippen molar-refractivity contribution in [2.45, 2.75) is 25.2 Å². The van der Waals surface area contributed by atoms with Crippen LogP contribution < -0.4 is 5.32 Å². The summed E-state index contributed by atoms with van der Waals surface area (Å²) in [7, 11) is 0. The Kier molecular flexibility index (Phi) is 5.46. The number of hydrogen-bond acceptors (Lipinski definition) is 2. The van der Waals surface area contributed by atoms with E-state index in [2.05, 4.69) is 27.4 Å². The molecule has 0 radical (unpaired) electrons. The van der Waals surface area contributed by atoms with Crippen LogP contribution in [0.5, 0.6) is 0 Å². The van der Waals surface area contributed by atoms with Crippen molar-refractivity contribution in [3.63, 3.8) is 0 Å². The summed E-state index contributed by atoms with van der Waals surface area (Å²) in [4.78, 5) is 7.90. The number of aromatic amines is 1. The van der Waals surface area contributed by atoms with E-state index < -0.39 is 0 Å². The van der Waals surface area contributed by atoms with Crippen molar-refractivity contribution in [2.75, 3.05) is 13.1 Å². The lowest BCUT2D eigenvalue weighted by molar-refractivity contribution is 0.454. The van der Waals surface area contributed by atoms with Crippen molar-refractivity contribution in [3.8, 4) is 0 Å². The first-order chi connectivity index (χ1) is 9.33. The number of H-pyrrole nitrogens is 1. The number of benzene rings is 1. The first-order valence-electron chi connectivity index (χ1n) is 6.82. The van der Waals surface area contributed by atoms with Crippen LogP contribution in [0.3, 0.4) is 0 Å². The summed E-state index contributed by atoms with van der Waals surface area (Å²) in [6.45, 7) is 2.13. The number of nitrogens with one attached hydrogen (secondary N) is 2. The second-order valence-electron chi connectivity index (χ2n) is 5.07. The van der Waals surface area contributed by atoms with Crippen LogP contribution in [0.4, 0.5) is 0 Å². The fourth-order valence-electron chi connectivity index (χ4n) is 2.67. The molecule has 2 aromatic rings. The quantitative estimate of drug-likeness (QED) is 0.910. The van der Waals surface area contributed by atoms with Crippen LogP contribution >= 0.6 is 24.0 Å². The number of nitrogens with zero attached hydrogens (tertiary/aromatic N) is 1. The van der Waals surface area contributed by atoms with E-state index in [-0.39, 0.29) is 12.4 Å². The van der Waals surface area contributed by atoms with E-state index >= 15 is 0 Å². The van der Waals surface area contributed by atoms with Gasteiger partial charge in [-0.05, 0) is 31.5 Å². The molecule has 0 amide bonds. The molecule has 1 aliphatic heterocycles. The Bertz CT molecular complexity index is 533. The van der Waals surface area contributed by atoms with Gasteiger partial charge in [-0.3, -0.25) is 0 Å². The second-order valence-corrected chi connectivity index (χ2v) is 5.43. The van der Waals surface area contributed by atoms with Crippen molar-refractivity contribution in [1.82, 2.24) is 15.3 Å². The molecule has 2 N–H and O–H groups in total. The van der Waals surface area contributed by atoms with Gasteiger partial charge in [-0.1, -0.05) is 41.9 Å². The molecule has 1 saturated heterocycles. The molecule has 1 aromatic heterocycles. The van der Waals surface area contributed by atoms with Gasteiger partial charge in [-0.25, -0.2) is 4.98 Å². The number of hydrogen-bond donors (Lipinski definition) is 2. The van der Waals surface area contributed by atoms with Crippen molar-refractivity contribution in [1.29, 1.82) is 0 Å². The average molecular weight is 312 g/mol. The van der Waals surface area contributed by atoms with E-state index in [0.717, 1.165) is 43.9 Å². The fourth-order valence-corrected chi connectivity index (χ4v) is 2.97. The third-order valence-corrected chi connectivity index (χ3v) is 3.98. The first kappa shape index (κ1) is 15.4. The molecule has 5 heteroatoms. The summed E-state index contributed by atoms with van der Waals surface area (Å²) in [5.41, 5.74) is 2.37. The summed E-state index contributed by atoms with van der Waals surface area (Å²) in [5.74, 6) is 1.48. The van der Waals surface area contributed by atoms with Gasteiger partial charge in [0, 0.05) is 12.3 Å². The van der Waals surface area contributed by atoms with Crippen molar-refractivity contribution in [2.24, 2.45) is 0 Å². The standard InChI is InChI=1S/C15H18ClN3.ClH/c16-15-14(12-6-8-17-9-7-12)18-13(19-15)10-11-4-2-1-3-5-11;/h1-5,12,17H,6-10H2,(H,18,19);1H. The summed E-state index contributed by atoms with van der Waals surface area (Å²) in [6.07, 6.45) is 3.07. The van der Waals surface area contributed by atoms with Crippen LogP contribution in [0.2, 0.25) is 5.15 Å². The molecule has 0 spiro atoms. The predicted molar refractivity (Wildman–Crippen MR) is 84.9 cm³/mol. The van der Waals surface area contributed by atoms with Gasteiger partial charge in [-0.2, -0.15) is 0 Å². The minimum atomic E-state index is 0. The van der Waals surface area contributed by atoms with Gasteiger partial charge in [-0.15, -0.1) is 12.4 Å². The maximum atomic E-state index is 6.28. The smallest absolute Gasteiger partial charge is 0.150 e. The third-order valence-electron chi connectivity index (χ3n) is 3.70. The maximum Gasteiger partial charge on any atom is 0.150 e. The lowest BCUT2D eigenvalue weighted by Gasteiger charge is -2.21. The molecule has 3 nitrogen and oxygen atoms in total. The lowest BCUT2D eigenvalue weighted by atomic mass is 9.95. The van der Waals surface area contributed by atoms with Crippen LogP contribution in [-0.4, -0.2) is 23.1 Å². The molecule has 0 atom stereocenters. The van der Waals surface area contributed by atoms with Crippen LogP contribution in [0.25, 0.3) is 0 Å². The Hall–Kier alpha value is -1.03. The monoisotopic (exact) mass is 311 g/mol. The van der Waals surface area contributed by atoms with E-state index in [1.807, 2.05) is 18.2 Å². The molecular formula is C15H19Cl2N3. The molecule has 1 fully saturated rings. The summed E-state index contributed by atoms with van der Waals surface area (Å²) in [6, 6.07) is 10.3. The molecule has 0 aliphatic carbocycles. The molecule has 20 heavy (non-hydrogen) atoms. The van der Waals surface area contributed by atoms with Gasteiger partial charge >= 0.3 is 0 Å². The zero-order valence-corrected chi connectivity index (χ0v) is 12.8. The molecule has 1 aromatic carbocycles. The number of halogens is 2. The molecule has 1 aliphatic rings. The Morgan fingerprint density at radius 3 is 2.55 bits per heavy atom. The highest BCUT2D eigenvalue weighted by Gasteiger charge is 2.21. The zero-order valence-electron chi connectivity index (χ0n) is 11.2. The van der Waals surface area contributed by atoms with Crippen molar-refractivity contribution < 1.29 is 0 Å². The minimum Gasteiger partial charge on any atom is -0.344 e. The molecule has 0 unspecified atom stereocenters. The highest BCUT2D eigenvalue weighted by Crippen LogP contribution is 2.29. The number of imidazole rings is 1. The average Bonchev–Trinajstić information content (AvgIpc) is 2.82. The minimum absolute atomic E-state index is 0. The Morgan fingerprint density at radius 1 is 1.15 bits per heavy atom. The van der Waals surface area contributed by atoms with Crippen LogP contribution in [0.1, 0.15) is 35.8 Å². The van der Waals surface area contributed by atoms with Crippen molar-refractivity contribution >= 4 is 24.0 Å². The molecule has 3 rings (SSSR count). The summed E-state index contributed by atoms with van der Waals surface area (Å²) in [5, 5.41) is 4.02. The lowest BCUT2D eigenvalue weighted by Crippen LogP contribution is -2.26. The van der Waals surface area contributed by atoms with Crippen LogP contribution in [-0.2, 0) is 6.42 Å². The van der Waals surface area contributed by atoms with Crippen molar-refractivity contribution in [3.05, 3.63) is 52.6 Å². The van der Waals surface area contributed by atoms with E-state index in [9.17, 15) is 0 Å². The predicted octanol–water partition coefficient (Wildman–Crippen LogP) is 3.54. The highest BCUT2D eigenvalue weighted by atomic mass is 35.5. The largest absolute Gasteiger partial charge is 0.344 e. The number of rotatable bonds is 3. The summed E-state index contributed by atoms with van der Waals surface area (Å²) >= 11 is 6.28. The van der Waals surface area contributed by atoms with E-state index in [4.69, 9.17) is 11.6 Å². The molecule has 108 valence electrons. The molecular weight excluding hydrogens is 293 g/mol. The van der Waals surface area contributed by atoms with Gasteiger partial charge < -0.3 is 10.3 Å². The fraction of sp³-hybridized carbons (Fsp3) is 0.400. The molecule has 2 heterocycles. The van der Waals surface area contributed by atoms with Crippen LogP contribution in [0.15, 0.2) is 30.3 Å². The van der Waals surface area contributed by atoms with E-state index in [0.29, 0.717) is 11.1 Å². The number of piperidine rings is 1. The Morgan fingerprint density at radius 2 is 1.85 bits per heavy atom.